The van der Waals surface area contributed by atoms with Crippen LogP contribution in [-0.4, -0.2) is 5.78 Å². The van der Waals surface area contributed by atoms with E-state index in [1.165, 1.54) is 6.07 Å². The van der Waals surface area contributed by atoms with Crippen molar-refractivity contribution in [3.05, 3.63) is 41.2 Å². The summed E-state index contributed by atoms with van der Waals surface area (Å²) in [6.45, 7) is 0. The smallest absolute Gasteiger partial charge is 0.167 e. The Morgan fingerprint density at radius 3 is 2.93 bits per heavy atom. The number of carbonyl (C=O) groups excluding carboxylic acids is 1. The second kappa shape index (κ2) is 2.57. The number of rotatable bonds is 0. The van der Waals surface area contributed by atoms with Gasteiger partial charge >= 0.3 is 0 Å². The second-order valence-corrected chi connectivity index (χ2v) is 3.77. The zero-order valence-electron chi connectivity index (χ0n) is 7.88. The molecule has 1 aliphatic rings. The highest BCUT2D eigenvalue weighted by atomic mass is 19.1. The summed E-state index contributed by atoms with van der Waals surface area (Å²) in [4.78, 5) is 11.6. The van der Waals surface area contributed by atoms with Crippen LogP contribution in [-0.2, 0) is 6.42 Å². The molecule has 74 valence electrons. The predicted octanol–water partition coefficient (Wildman–Crippen LogP) is 2.30. The van der Waals surface area contributed by atoms with E-state index in [0.29, 0.717) is 17.4 Å². The largest absolute Gasteiger partial charge is 0.396 e. The summed E-state index contributed by atoms with van der Waals surface area (Å²) in [5.41, 5.74) is 7.02. The Morgan fingerprint density at radius 1 is 1.33 bits per heavy atom. The van der Waals surface area contributed by atoms with Crippen molar-refractivity contribution in [1.82, 2.24) is 0 Å². The molecule has 0 amide bonds. The molecule has 0 bridgehead atoms. The van der Waals surface area contributed by atoms with Crippen molar-refractivity contribution in [1.29, 1.82) is 0 Å². The van der Waals surface area contributed by atoms with Crippen molar-refractivity contribution < 1.29 is 9.18 Å². The van der Waals surface area contributed by atoms with E-state index in [1.54, 1.807) is 12.1 Å². The van der Waals surface area contributed by atoms with Crippen LogP contribution in [0.4, 0.5) is 10.1 Å². The van der Waals surface area contributed by atoms with Gasteiger partial charge in [-0.2, -0.15) is 0 Å². The van der Waals surface area contributed by atoms with E-state index in [2.05, 4.69) is 0 Å². The second-order valence-electron chi connectivity index (χ2n) is 3.77. The first kappa shape index (κ1) is 8.41. The van der Waals surface area contributed by atoms with Crippen LogP contribution in [0.3, 0.4) is 0 Å². The Bertz CT molecular complexity index is 604. The zero-order chi connectivity index (χ0) is 10.6. The van der Waals surface area contributed by atoms with Gasteiger partial charge in [0, 0.05) is 17.4 Å². The van der Waals surface area contributed by atoms with Gasteiger partial charge < -0.3 is 5.73 Å². The number of halogens is 1. The summed E-state index contributed by atoms with van der Waals surface area (Å²) >= 11 is 0. The van der Waals surface area contributed by atoms with Crippen molar-refractivity contribution in [2.75, 3.05) is 5.73 Å². The molecule has 0 unspecified atom stereocenters. The number of hydrogen-bond donors (Lipinski definition) is 1. The first-order valence-corrected chi connectivity index (χ1v) is 4.71. The maximum Gasteiger partial charge on any atom is 0.167 e. The van der Waals surface area contributed by atoms with Gasteiger partial charge in [-0.3, -0.25) is 4.79 Å². The fourth-order valence-electron chi connectivity index (χ4n) is 2.18. The monoisotopic (exact) mass is 201 g/mol. The van der Waals surface area contributed by atoms with Crippen molar-refractivity contribution in [3.63, 3.8) is 0 Å². The van der Waals surface area contributed by atoms with E-state index in [9.17, 15) is 9.18 Å². The molecule has 0 fully saturated rings. The summed E-state index contributed by atoms with van der Waals surface area (Å²) < 4.78 is 13.7. The minimum Gasteiger partial charge on any atom is -0.396 e. The molecule has 0 heterocycles. The number of carbonyl (C=O) groups is 1. The molecule has 2 N–H and O–H groups in total. The lowest BCUT2D eigenvalue weighted by Gasteiger charge is -2.04. The minimum absolute atomic E-state index is 0.0212. The maximum absolute atomic E-state index is 13.7. The molecule has 2 aromatic carbocycles. The predicted molar refractivity (Wildman–Crippen MR) is 56.4 cm³/mol. The van der Waals surface area contributed by atoms with E-state index in [-0.39, 0.29) is 11.5 Å². The van der Waals surface area contributed by atoms with Crippen LogP contribution in [0.2, 0.25) is 0 Å². The first-order chi connectivity index (χ1) is 7.18. The number of nitrogen functional groups attached to an aromatic ring is 1. The van der Waals surface area contributed by atoms with Crippen LogP contribution in [0, 0.1) is 5.82 Å². The molecule has 0 saturated carbocycles. The Kier molecular flexibility index (Phi) is 1.44. The highest BCUT2D eigenvalue weighted by Gasteiger charge is 2.24. The van der Waals surface area contributed by atoms with Crippen LogP contribution in [0.1, 0.15) is 15.9 Å². The first-order valence-electron chi connectivity index (χ1n) is 4.71. The molecule has 2 aromatic rings. The van der Waals surface area contributed by atoms with Crippen molar-refractivity contribution in [2.24, 2.45) is 0 Å². The molecule has 3 rings (SSSR count). The van der Waals surface area contributed by atoms with E-state index >= 15 is 0 Å². The molecule has 0 atom stereocenters. The van der Waals surface area contributed by atoms with Gasteiger partial charge in [0.1, 0.15) is 0 Å². The lowest BCUT2D eigenvalue weighted by molar-refractivity contribution is 0.1000. The molecule has 0 aromatic heterocycles. The molecule has 0 aliphatic heterocycles. The quantitative estimate of drug-likeness (QED) is 0.664. The van der Waals surface area contributed by atoms with Gasteiger partial charge in [0.25, 0.3) is 0 Å². The topological polar surface area (TPSA) is 43.1 Å². The third-order valence-corrected chi connectivity index (χ3v) is 2.86. The standard InChI is InChI=1S/C12H8FNO/c13-12-7-3-1-2-6-4-10(15)8(11(6)7)5-9(12)14/h1-3,5H,4,14H2. The Morgan fingerprint density at radius 2 is 2.13 bits per heavy atom. The highest BCUT2D eigenvalue weighted by molar-refractivity contribution is 6.16. The number of Topliss-reactive ketones (excluding diaryl/α,β-unsaturated/α-hetero) is 1. The summed E-state index contributed by atoms with van der Waals surface area (Å²) in [6.07, 6.45) is 0.357. The summed E-state index contributed by atoms with van der Waals surface area (Å²) in [5.74, 6) is -0.404. The zero-order valence-corrected chi connectivity index (χ0v) is 7.88. The van der Waals surface area contributed by atoms with Crippen LogP contribution in [0.25, 0.3) is 10.8 Å². The van der Waals surface area contributed by atoms with E-state index in [4.69, 9.17) is 5.73 Å². The van der Waals surface area contributed by atoms with Gasteiger partial charge in [-0.1, -0.05) is 18.2 Å². The van der Waals surface area contributed by atoms with E-state index < -0.39 is 5.82 Å². The molecule has 15 heavy (non-hydrogen) atoms. The van der Waals surface area contributed by atoms with Crippen LogP contribution >= 0.6 is 0 Å². The average Bonchev–Trinajstić information content (AvgIpc) is 2.53. The number of nitrogens with two attached hydrogens (primary N) is 1. The van der Waals surface area contributed by atoms with Gasteiger partial charge in [-0.25, -0.2) is 4.39 Å². The van der Waals surface area contributed by atoms with Crippen molar-refractivity contribution >= 4 is 22.2 Å². The Labute approximate surface area is 85.5 Å². The normalized spacial score (nSPS) is 13.8. The lowest BCUT2D eigenvalue weighted by atomic mass is 10.0. The number of anilines is 1. The molecule has 0 radical (unpaired) electrons. The maximum atomic E-state index is 13.7. The summed E-state index contributed by atoms with van der Waals surface area (Å²) in [7, 11) is 0. The number of ketones is 1. The van der Waals surface area contributed by atoms with Crippen LogP contribution in [0.15, 0.2) is 24.3 Å². The van der Waals surface area contributed by atoms with E-state index in [0.717, 1.165) is 10.9 Å². The third-order valence-electron chi connectivity index (χ3n) is 2.86. The van der Waals surface area contributed by atoms with Gasteiger partial charge in [0.15, 0.2) is 11.6 Å². The van der Waals surface area contributed by atoms with Crippen LogP contribution in [0.5, 0.6) is 0 Å². The molecule has 3 heteroatoms. The van der Waals surface area contributed by atoms with Crippen LogP contribution < -0.4 is 5.73 Å². The van der Waals surface area contributed by atoms with Gasteiger partial charge in [0.2, 0.25) is 0 Å². The summed E-state index contributed by atoms with van der Waals surface area (Å²) in [6, 6.07) is 6.71. The van der Waals surface area contributed by atoms with Crippen molar-refractivity contribution in [2.45, 2.75) is 6.42 Å². The molecule has 1 aliphatic carbocycles. The highest BCUT2D eigenvalue weighted by Crippen LogP contribution is 2.34. The molecular formula is C12H8FNO. The number of hydrogen-bond acceptors (Lipinski definition) is 2. The fourth-order valence-corrected chi connectivity index (χ4v) is 2.18. The van der Waals surface area contributed by atoms with Crippen molar-refractivity contribution in [3.8, 4) is 0 Å². The lowest BCUT2D eigenvalue weighted by Crippen LogP contribution is -1.97. The third kappa shape index (κ3) is 0.947. The van der Waals surface area contributed by atoms with Gasteiger partial charge in [0.05, 0.1) is 5.69 Å². The van der Waals surface area contributed by atoms with E-state index in [1.807, 2.05) is 6.07 Å². The Hall–Kier alpha value is -1.90. The molecule has 2 nitrogen and oxygen atoms in total. The van der Waals surface area contributed by atoms with Gasteiger partial charge in [-0.15, -0.1) is 0 Å². The summed E-state index contributed by atoms with van der Waals surface area (Å²) in [5, 5.41) is 1.18. The minimum atomic E-state index is -0.426. The van der Waals surface area contributed by atoms with Gasteiger partial charge in [-0.05, 0) is 17.0 Å². The Balaban J connectivity index is 2.59. The average molecular weight is 201 g/mol. The fraction of sp³-hybridized carbons (Fsp3) is 0.0833. The molecule has 0 saturated heterocycles. The molecule has 0 spiro atoms. The SMILES string of the molecule is Nc1cc2c3c(cccc3c1F)CC2=O. The molecular weight excluding hydrogens is 193 g/mol. The number of benzene rings is 2.